The van der Waals surface area contributed by atoms with E-state index in [-0.39, 0.29) is 0 Å². The molecule has 0 unspecified atom stereocenters. The minimum Gasteiger partial charge on any atom is -0.355 e. The number of hydrogen-bond donors (Lipinski definition) is 2. The lowest BCUT2D eigenvalue weighted by Gasteiger charge is -2.06. The number of nitrogens with one attached hydrogen (secondary N) is 2. The Morgan fingerprint density at radius 3 is 2.27 bits per heavy atom. The highest BCUT2D eigenvalue weighted by molar-refractivity contribution is 5.79. The normalized spacial score (nSPS) is 10.7. The van der Waals surface area contributed by atoms with Gasteiger partial charge in [-0.2, -0.15) is 0 Å². The molecule has 4 heteroatoms. The summed E-state index contributed by atoms with van der Waals surface area (Å²) in [6, 6.07) is 20.1. The van der Waals surface area contributed by atoms with Crippen molar-refractivity contribution in [2.45, 2.75) is 0 Å². The number of anilines is 2. The lowest BCUT2D eigenvalue weighted by Crippen LogP contribution is -1.90. The number of fused-ring (bicyclic) bond motifs is 1. The summed E-state index contributed by atoms with van der Waals surface area (Å²) in [6.45, 7) is 0. The van der Waals surface area contributed by atoms with E-state index in [9.17, 15) is 0 Å². The molecular formula is C18H14N4. The van der Waals surface area contributed by atoms with Gasteiger partial charge in [-0.1, -0.05) is 12.1 Å². The van der Waals surface area contributed by atoms with E-state index in [2.05, 4.69) is 32.4 Å². The molecule has 2 N–H and O–H groups in total. The van der Waals surface area contributed by atoms with E-state index in [4.69, 9.17) is 0 Å². The predicted octanol–water partition coefficient (Wildman–Crippen LogP) is 4.37. The highest BCUT2D eigenvalue weighted by Crippen LogP contribution is 2.23. The van der Waals surface area contributed by atoms with Crippen LogP contribution in [0.15, 0.2) is 73.1 Å². The number of pyridine rings is 1. The molecule has 0 radical (unpaired) electrons. The second-order valence-electron chi connectivity index (χ2n) is 5.04. The van der Waals surface area contributed by atoms with Crippen molar-refractivity contribution in [3.05, 3.63) is 73.1 Å². The minimum absolute atomic E-state index is 0.886. The Labute approximate surface area is 127 Å². The topological polar surface area (TPSA) is 53.6 Å². The molecule has 2 aromatic heterocycles. The van der Waals surface area contributed by atoms with Gasteiger partial charge in [0.25, 0.3) is 0 Å². The third-order valence-corrected chi connectivity index (χ3v) is 3.52. The van der Waals surface area contributed by atoms with E-state index in [0.717, 1.165) is 33.8 Å². The van der Waals surface area contributed by atoms with Gasteiger partial charge in [0.2, 0.25) is 0 Å². The smallest absolute Gasteiger partial charge is 0.138 e. The van der Waals surface area contributed by atoms with Crippen molar-refractivity contribution >= 4 is 22.4 Å². The summed E-state index contributed by atoms with van der Waals surface area (Å²) in [5, 5.41) is 3.34. The van der Waals surface area contributed by atoms with Crippen LogP contribution in [0.3, 0.4) is 0 Å². The molecule has 0 amide bonds. The molecule has 0 aliphatic carbocycles. The van der Waals surface area contributed by atoms with Gasteiger partial charge in [-0.05, 0) is 48.5 Å². The SMILES string of the molecule is c1ccc2[nH]c(-c3ccc(Nc4ccncc4)cc3)nc2c1. The van der Waals surface area contributed by atoms with Crippen LogP contribution in [0.4, 0.5) is 11.4 Å². The quantitative estimate of drug-likeness (QED) is 0.588. The minimum atomic E-state index is 0.886. The van der Waals surface area contributed by atoms with Crippen LogP contribution >= 0.6 is 0 Å². The molecular weight excluding hydrogens is 272 g/mol. The van der Waals surface area contributed by atoms with Crippen LogP contribution in [0, 0.1) is 0 Å². The van der Waals surface area contributed by atoms with Crippen LogP contribution < -0.4 is 5.32 Å². The first kappa shape index (κ1) is 12.6. The molecule has 106 valence electrons. The van der Waals surface area contributed by atoms with Gasteiger partial charge in [0.15, 0.2) is 0 Å². The Morgan fingerprint density at radius 2 is 1.50 bits per heavy atom. The first-order chi connectivity index (χ1) is 10.9. The third-order valence-electron chi connectivity index (χ3n) is 3.52. The van der Waals surface area contributed by atoms with Gasteiger partial charge in [-0.25, -0.2) is 4.98 Å². The molecule has 4 aromatic rings. The standard InChI is InChI=1S/C18H14N4/c1-2-4-17-16(3-1)21-18(22-17)13-5-7-14(8-6-13)20-15-9-11-19-12-10-15/h1-12H,(H,19,20)(H,21,22). The summed E-state index contributed by atoms with van der Waals surface area (Å²) >= 11 is 0. The number of hydrogen-bond acceptors (Lipinski definition) is 3. The zero-order valence-electron chi connectivity index (χ0n) is 11.8. The lowest BCUT2D eigenvalue weighted by molar-refractivity contribution is 1.32. The maximum atomic E-state index is 4.61. The van der Waals surface area contributed by atoms with Crippen molar-refractivity contribution in [3.63, 3.8) is 0 Å². The van der Waals surface area contributed by atoms with Gasteiger partial charge >= 0.3 is 0 Å². The summed E-state index contributed by atoms with van der Waals surface area (Å²) in [5.74, 6) is 0.886. The fourth-order valence-corrected chi connectivity index (χ4v) is 2.40. The van der Waals surface area contributed by atoms with Gasteiger partial charge in [0.05, 0.1) is 11.0 Å². The van der Waals surface area contributed by atoms with Crippen LogP contribution in [0.2, 0.25) is 0 Å². The molecule has 0 saturated heterocycles. The van der Waals surface area contributed by atoms with E-state index >= 15 is 0 Å². The first-order valence-electron chi connectivity index (χ1n) is 7.11. The molecule has 4 rings (SSSR count). The average molecular weight is 286 g/mol. The Morgan fingerprint density at radius 1 is 0.773 bits per heavy atom. The molecule has 2 aromatic carbocycles. The van der Waals surface area contributed by atoms with Gasteiger partial charge in [0.1, 0.15) is 5.82 Å². The summed E-state index contributed by atoms with van der Waals surface area (Å²) in [7, 11) is 0. The fraction of sp³-hybridized carbons (Fsp3) is 0. The number of H-pyrrole nitrogens is 1. The fourth-order valence-electron chi connectivity index (χ4n) is 2.40. The van der Waals surface area contributed by atoms with E-state index in [1.54, 1.807) is 12.4 Å². The van der Waals surface area contributed by atoms with Gasteiger partial charge < -0.3 is 10.3 Å². The average Bonchev–Trinajstić information content (AvgIpc) is 3.00. The van der Waals surface area contributed by atoms with Crippen LogP contribution in [0.5, 0.6) is 0 Å². The van der Waals surface area contributed by atoms with E-state index < -0.39 is 0 Å². The second kappa shape index (κ2) is 5.33. The van der Waals surface area contributed by atoms with Crippen molar-refractivity contribution in [2.75, 3.05) is 5.32 Å². The zero-order chi connectivity index (χ0) is 14.8. The Hall–Kier alpha value is -3.14. The molecule has 0 fully saturated rings. The molecule has 22 heavy (non-hydrogen) atoms. The first-order valence-corrected chi connectivity index (χ1v) is 7.11. The molecule has 0 bridgehead atoms. The monoisotopic (exact) mass is 286 g/mol. The van der Waals surface area contributed by atoms with Crippen LogP contribution in [0.25, 0.3) is 22.4 Å². The number of benzene rings is 2. The molecule has 0 aliphatic heterocycles. The van der Waals surface area contributed by atoms with Gasteiger partial charge in [-0.15, -0.1) is 0 Å². The van der Waals surface area contributed by atoms with E-state index in [1.165, 1.54) is 0 Å². The van der Waals surface area contributed by atoms with E-state index in [0.29, 0.717) is 0 Å². The van der Waals surface area contributed by atoms with Crippen LogP contribution in [0.1, 0.15) is 0 Å². The molecule has 0 aliphatic rings. The predicted molar refractivity (Wildman–Crippen MR) is 89.0 cm³/mol. The van der Waals surface area contributed by atoms with Gasteiger partial charge in [0, 0.05) is 29.3 Å². The Kier molecular flexibility index (Phi) is 3.05. The number of imidazole rings is 1. The second-order valence-corrected chi connectivity index (χ2v) is 5.04. The third kappa shape index (κ3) is 2.42. The Balaban J connectivity index is 1.61. The molecule has 0 saturated carbocycles. The van der Waals surface area contributed by atoms with Crippen molar-refractivity contribution in [2.24, 2.45) is 0 Å². The number of aromatic nitrogens is 3. The molecule has 4 nitrogen and oxygen atoms in total. The molecule has 0 atom stereocenters. The number of rotatable bonds is 3. The van der Waals surface area contributed by atoms with E-state index in [1.807, 2.05) is 48.5 Å². The maximum Gasteiger partial charge on any atom is 0.138 e. The molecule has 0 spiro atoms. The molecule has 2 heterocycles. The van der Waals surface area contributed by atoms with Crippen molar-refractivity contribution in [3.8, 4) is 11.4 Å². The summed E-state index contributed by atoms with van der Waals surface area (Å²) in [6.07, 6.45) is 3.54. The summed E-state index contributed by atoms with van der Waals surface area (Å²) < 4.78 is 0. The Bertz CT molecular complexity index is 862. The van der Waals surface area contributed by atoms with Crippen molar-refractivity contribution in [1.82, 2.24) is 15.0 Å². The van der Waals surface area contributed by atoms with Crippen molar-refractivity contribution in [1.29, 1.82) is 0 Å². The number of aromatic amines is 1. The van der Waals surface area contributed by atoms with Crippen molar-refractivity contribution < 1.29 is 0 Å². The highest BCUT2D eigenvalue weighted by Gasteiger charge is 2.04. The number of para-hydroxylation sites is 2. The number of nitrogens with zero attached hydrogens (tertiary/aromatic N) is 2. The lowest BCUT2D eigenvalue weighted by atomic mass is 10.2. The maximum absolute atomic E-state index is 4.61. The largest absolute Gasteiger partial charge is 0.355 e. The highest BCUT2D eigenvalue weighted by atomic mass is 14.9. The van der Waals surface area contributed by atoms with Gasteiger partial charge in [-0.3, -0.25) is 4.98 Å². The zero-order valence-corrected chi connectivity index (χ0v) is 11.8. The van der Waals surface area contributed by atoms with Crippen LogP contribution in [-0.4, -0.2) is 15.0 Å². The van der Waals surface area contributed by atoms with Crippen LogP contribution in [-0.2, 0) is 0 Å². The summed E-state index contributed by atoms with van der Waals surface area (Å²) in [4.78, 5) is 12.0. The summed E-state index contributed by atoms with van der Waals surface area (Å²) in [5.41, 5.74) is 5.15.